The number of halogens is 1. The lowest BCUT2D eigenvalue weighted by molar-refractivity contribution is -0.138. The van der Waals surface area contributed by atoms with Gasteiger partial charge in [-0.3, -0.25) is 9.59 Å². The number of rotatable bonds is 5. The van der Waals surface area contributed by atoms with Crippen molar-refractivity contribution in [3.05, 3.63) is 70.7 Å². The normalized spacial score (nSPS) is 18.5. The molecule has 0 bridgehead atoms. The highest BCUT2D eigenvalue weighted by Gasteiger charge is 2.39. The van der Waals surface area contributed by atoms with Crippen LogP contribution in [0.4, 0.5) is 5.69 Å². The van der Waals surface area contributed by atoms with E-state index in [9.17, 15) is 14.7 Å². The molecule has 4 rings (SSSR count). The number of ether oxygens (including phenoxy) is 1. The van der Waals surface area contributed by atoms with Gasteiger partial charge in [0.25, 0.3) is 0 Å². The molecule has 1 aliphatic rings. The van der Waals surface area contributed by atoms with Gasteiger partial charge in [-0.25, -0.2) is 0 Å². The number of carboxylic acids is 1. The van der Waals surface area contributed by atoms with E-state index in [1.54, 1.807) is 18.1 Å². The Balaban J connectivity index is 1.97. The number of amides is 1. The Labute approximate surface area is 209 Å². The number of carboxylic acid groups (broad SMARTS) is 1. The van der Waals surface area contributed by atoms with E-state index < -0.39 is 11.2 Å². The summed E-state index contributed by atoms with van der Waals surface area (Å²) in [6.45, 7) is 6.66. The van der Waals surface area contributed by atoms with Crippen LogP contribution in [0.2, 0.25) is 5.02 Å². The first-order valence-electron chi connectivity index (χ1n) is 11.1. The molecule has 0 spiro atoms. The predicted molar refractivity (Wildman–Crippen MR) is 139 cm³/mol. The molecule has 34 heavy (non-hydrogen) atoms. The summed E-state index contributed by atoms with van der Waals surface area (Å²) in [6, 6.07) is 17.5. The lowest BCUT2D eigenvalue weighted by Gasteiger charge is -2.31. The number of fused-ring (bicyclic) bond motifs is 2. The van der Waals surface area contributed by atoms with E-state index in [0.29, 0.717) is 11.6 Å². The quantitative estimate of drug-likeness (QED) is 0.432. The van der Waals surface area contributed by atoms with Crippen LogP contribution in [-0.2, 0) is 9.59 Å². The largest absolute Gasteiger partial charge is 0.496 e. The molecule has 2 atom stereocenters. The van der Waals surface area contributed by atoms with Crippen molar-refractivity contribution in [3.63, 3.8) is 0 Å². The summed E-state index contributed by atoms with van der Waals surface area (Å²) >= 11 is 7.84. The average Bonchev–Trinajstić information content (AvgIpc) is 2.87. The van der Waals surface area contributed by atoms with Crippen LogP contribution in [0, 0.1) is 5.41 Å². The number of anilines is 1. The molecule has 0 fully saturated rings. The van der Waals surface area contributed by atoms with Gasteiger partial charge in [-0.05, 0) is 46.2 Å². The second-order valence-electron chi connectivity index (χ2n) is 9.69. The molecular formula is C27H28ClNO4S. The van der Waals surface area contributed by atoms with Gasteiger partial charge in [0.2, 0.25) is 5.91 Å². The number of methoxy groups -OCH3 is 1. The van der Waals surface area contributed by atoms with E-state index in [1.807, 2.05) is 48.5 Å². The van der Waals surface area contributed by atoms with Crippen molar-refractivity contribution in [2.75, 3.05) is 18.6 Å². The van der Waals surface area contributed by atoms with Crippen molar-refractivity contribution in [2.45, 2.75) is 37.7 Å². The zero-order valence-corrected chi connectivity index (χ0v) is 21.2. The van der Waals surface area contributed by atoms with E-state index in [2.05, 4.69) is 20.8 Å². The summed E-state index contributed by atoms with van der Waals surface area (Å²) in [5, 5.41) is 11.1. The Hall–Kier alpha value is -2.70. The van der Waals surface area contributed by atoms with Crippen LogP contribution in [0.1, 0.15) is 43.6 Å². The number of carbonyl (C=O) groups excluding carboxylic acids is 1. The van der Waals surface area contributed by atoms with Crippen molar-refractivity contribution in [2.24, 2.45) is 5.41 Å². The molecule has 1 N–H and O–H groups in total. The van der Waals surface area contributed by atoms with E-state index >= 15 is 0 Å². The molecule has 0 aromatic heterocycles. The Morgan fingerprint density at radius 1 is 1.09 bits per heavy atom. The second-order valence-corrected chi connectivity index (χ2v) is 11.4. The van der Waals surface area contributed by atoms with Gasteiger partial charge in [0, 0.05) is 22.6 Å². The molecule has 0 saturated heterocycles. The van der Waals surface area contributed by atoms with Crippen LogP contribution >= 0.6 is 23.4 Å². The molecule has 1 amide bonds. The van der Waals surface area contributed by atoms with Gasteiger partial charge in [-0.15, -0.1) is 11.8 Å². The number of nitrogens with zero attached hydrogens (tertiary/aromatic N) is 1. The van der Waals surface area contributed by atoms with E-state index in [4.69, 9.17) is 16.3 Å². The summed E-state index contributed by atoms with van der Waals surface area (Å²) in [6.07, 6.45) is -0.254. The molecule has 1 heterocycles. The molecule has 0 saturated carbocycles. The van der Waals surface area contributed by atoms with Crippen LogP contribution in [0.3, 0.4) is 0 Å². The fourth-order valence-corrected chi connectivity index (χ4v) is 6.12. The first kappa shape index (κ1) is 24.4. The first-order valence-corrected chi connectivity index (χ1v) is 12.4. The molecule has 2 unspecified atom stereocenters. The molecule has 7 heteroatoms. The lowest BCUT2D eigenvalue weighted by atomic mass is 9.93. The van der Waals surface area contributed by atoms with E-state index in [-0.39, 0.29) is 23.0 Å². The molecular weight excluding hydrogens is 470 g/mol. The number of benzene rings is 3. The van der Waals surface area contributed by atoms with Gasteiger partial charge in [0.15, 0.2) is 0 Å². The molecule has 0 radical (unpaired) electrons. The third-order valence-corrected chi connectivity index (χ3v) is 7.53. The fourth-order valence-electron chi connectivity index (χ4n) is 4.44. The zero-order chi connectivity index (χ0) is 24.6. The zero-order valence-electron chi connectivity index (χ0n) is 19.7. The highest BCUT2D eigenvalue weighted by molar-refractivity contribution is 8.01. The van der Waals surface area contributed by atoms with Crippen molar-refractivity contribution >= 4 is 51.7 Å². The highest BCUT2D eigenvalue weighted by atomic mass is 35.5. The molecule has 5 nitrogen and oxygen atoms in total. The summed E-state index contributed by atoms with van der Waals surface area (Å²) in [5.74, 6) is -0.424. The summed E-state index contributed by atoms with van der Waals surface area (Å²) in [7, 11) is 1.64. The maximum absolute atomic E-state index is 13.7. The maximum atomic E-state index is 13.7. The van der Waals surface area contributed by atoms with Crippen LogP contribution in [0.5, 0.6) is 5.75 Å². The van der Waals surface area contributed by atoms with E-state index in [0.717, 1.165) is 33.3 Å². The smallest absolute Gasteiger partial charge is 0.305 e. The van der Waals surface area contributed by atoms with Crippen molar-refractivity contribution in [3.8, 4) is 5.75 Å². The van der Waals surface area contributed by atoms with Gasteiger partial charge in [0.05, 0.1) is 24.0 Å². The van der Waals surface area contributed by atoms with Gasteiger partial charge >= 0.3 is 5.97 Å². The first-order chi connectivity index (χ1) is 16.1. The van der Waals surface area contributed by atoms with Crippen LogP contribution in [-0.4, -0.2) is 35.9 Å². The number of aliphatic carboxylic acids is 1. The highest BCUT2D eigenvalue weighted by Crippen LogP contribution is 2.50. The van der Waals surface area contributed by atoms with Gasteiger partial charge in [-0.2, -0.15) is 0 Å². The SMILES string of the molecule is COc1ccc(C2SC(CC(=O)O)C(=O)N(CC(C)(C)C)c3ccc(Cl)cc32)c2ccccc12. The second kappa shape index (κ2) is 9.51. The number of hydrogen-bond acceptors (Lipinski definition) is 4. The monoisotopic (exact) mass is 497 g/mol. The van der Waals surface area contributed by atoms with Gasteiger partial charge in [0.1, 0.15) is 5.75 Å². The number of hydrogen-bond donors (Lipinski definition) is 1. The van der Waals surface area contributed by atoms with Crippen LogP contribution in [0.15, 0.2) is 54.6 Å². The minimum atomic E-state index is -0.996. The average molecular weight is 498 g/mol. The third-order valence-electron chi connectivity index (χ3n) is 5.82. The summed E-state index contributed by atoms with van der Waals surface area (Å²) in [4.78, 5) is 27.2. The van der Waals surface area contributed by atoms with Crippen LogP contribution in [0.25, 0.3) is 10.8 Å². The standard InChI is InChI=1S/C27H28ClNO4S/c1-27(2,3)15-29-21-11-9-16(28)13-20(21)25(34-23(26(29)32)14-24(30)31)19-10-12-22(33-4)18-8-6-5-7-17(18)19/h5-13,23,25H,14-15H2,1-4H3,(H,30,31). The summed E-state index contributed by atoms with van der Waals surface area (Å²) < 4.78 is 5.58. The minimum Gasteiger partial charge on any atom is -0.496 e. The Bertz CT molecular complexity index is 1250. The van der Waals surface area contributed by atoms with Gasteiger partial charge in [-0.1, -0.05) is 62.7 Å². The molecule has 1 aliphatic heterocycles. The Kier molecular flexibility index (Phi) is 6.83. The lowest BCUT2D eigenvalue weighted by Crippen LogP contribution is -2.42. The van der Waals surface area contributed by atoms with Crippen LogP contribution < -0.4 is 9.64 Å². The van der Waals surface area contributed by atoms with Crippen molar-refractivity contribution < 1.29 is 19.4 Å². The molecule has 3 aromatic rings. The van der Waals surface area contributed by atoms with Crippen molar-refractivity contribution in [1.82, 2.24) is 0 Å². The number of thioether (sulfide) groups is 1. The summed E-state index contributed by atoms with van der Waals surface area (Å²) in [5.41, 5.74) is 2.48. The Morgan fingerprint density at radius 2 is 1.79 bits per heavy atom. The van der Waals surface area contributed by atoms with Gasteiger partial charge < -0.3 is 14.7 Å². The maximum Gasteiger partial charge on any atom is 0.305 e. The predicted octanol–water partition coefficient (Wildman–Crippen LogP) is 6.56. The van der Waals surface area contributed by atoms with E-state index in [1.165, 1.54) is 11.8 Å². The fraction of sp³-hybridized carbons (Fsp3) is 0.333. The van der Waals surface area contributed by atoms with Crippen molar-refractivity contribution in [1.29, 1.82) is 0 Å². The number of carbonyl (C=O) groups is 2. The topological polar surface area (TPSA) is 66.8 Å². The third kappa shape index (κ3) is 4.89. The Morgan fingerprint density at radius 3 is 2.44 bits per heavy atom. The minimum absolute atomic E-state index is 0.183. The molecule has 178 valence electrons. The molecule has 3 aromatic carbocycles. The molecule has 0 aliphatic carbocycles.